The lowest BCUT2D eigenvalue weighted by Crippen LogP contribution is -2.51. The minimum atomic E-state index is -2.12. The molecule has 1 spiro atoms. The van der Waals surface area contributed by atoms with Crippen LogP contribution >= 0.6 is 23.2 Å². The third kappa shape index (κ3) is 2.61. The van der Waals surface area contributed by atoms with Crippen molar-refractivity contribution in [3.63, 3.8) is 0 Å². The molecule has 3 aromatic carbocycles. The monoisotopic (exact) mass is 491 g/mol. The number of carbonyl (C=O) groups is 4. The Morgan fingerprint density at radius 2 is 1.38 bits per heavy atom. The number of hydrogen-bond donors (Lipinski definition) is 0. The highest BCUT2D eigenvalue weighted by atomic mass is 35.5. The van der Waals surface area contributed by atoms with E-state index in [-0.39, 0.29) is 21.8 Å². The summed E-state index contributed by atoms with van der Waals surface area (Å²) in [6, 6.07) is 19.6. The van der Waals surface area contributed by atoms with Gasteiger partial charge in [-0.3, -0.25) is 19.2 Å². The number of hydrogen-bond acceptors (Lipinski definition) is 5. The summed E-state index contributed by atoms with van der Waals surface area (Å²) in [5, 5.41) is 0.444. The van der Waals surface area contributed by atoms with Crippen LogP contribution in [-0.4, -0.2) is 29.0 Å². The molecule has 2 fully saturated rings. The second kappa shape index (κ2) is 7.34. The first-order valence-electron chi connectivity index (χ1n) is 10.6. The number of halogens is 2. The highest BCUT2D eigenvalue weighted by molar-refractivity contribution is 6.40. The number of Topliss-reactive ketones (excluding diaryl/α,β-unsaturated/α-hetero) is 2. The van der Waals surface area contributed by atoms with Gasteiger partial charge >= 0.3 is 0 Å². The number of ketones is 2. The van der Waals surface area contributed by atoms with Crippen molar-refractivity contribution in [2.24, 2.45) is 11.8 Å². The van der Waals surface area contributed by atoms with E-state index in [9.17, 15) is 19.2 Å². The number of imide groups is 1. The number of carbonyl (C=O) groups excluding carboxylic acids is 4. The Balaban J connectivity index is 1.56. The molecule has 0 unspecified atom stereocenters. The molecular formula is C26H15Cl2NO5. The summed E-state index contributed by atoms with van der Waals surface area (Å²) in [4.78, 5) is 55.9. The molecule has 168 valence electrons. The summed E-state index contributed by atoms with van der Waals surface area (Å²) in [7, 11) is 0. The zero-order valence-corrected chi connectivity index (χ0v) is 18.9. The number of benzene rings is 3. The molecule has 8 heteroatoms. The molecule has 34 heavy (non-hydrogen) atoms. The van der Waals surface area contributed by atoms with Gasteiger partial charge in [-0.15, -0.1) is 0 Å². The van der Waals surface area contributed by atoms with Crippen LogP contribution in [0.2, 0.25) is 10.0 Å². The second-order valence-corrected chi connectivity index (χ2v) is 9.34. The molecule has 3 aromatic rings. The third-order valence-electron chi connectivity index (χ3n) is 6.80. The molecule has 6 nitrogen and oxygen atoms in total. The summed E-state index contributed by atoms with van der Waals surface area (Å²) in [6.45, 7) is 0. The molecule has 3 atom stereocenters. The van der Waals surface area contributed by atoms with Crippen LogP contribution in [0.15, 0.2) is 72.8 Å². The molecule has 2 saturated heterocycles. The van der Waals surface area contributed by atoms with Gasteiger partial charge in [0.25, 0.3) is 0 Å². The molecule has 0 radical (unpaired) electrons. The summed E-state index contributed by atoms with van der Waals surface area (Å²) >= 11 is 12.3. The molecule has 3 aliphatic rings. The third-order valence-corrected chi connectivity index (χ3v) is 7.34. The molecule has 0 N–H and O–H groups in total. The van der Waals surface area contributed by atoms with E-state index in [1.165, 1.54) is 30.3 Å². The van der Waals surface area contributed by atoms with E-state index in [4.69, 9.17) is 27.9 Å². The van der Waals surface area contributed by atoms with Crippen LogP contribution in [0.25, 0.3) is 0 Å². The first-order valence-corrected chi connectivity index (χ1v) is 11.4. The van der Waals surface area contributed by atoms with Crippen LogP contribution in [0.3, 0.4) is 0 Å². The number of nitrogens with zero attached hydrogens (tertiary/aromatic N) is 1. The fraction of sp³-hybridized carbons (Fsp3) is 0.154. The number of fused-ring (bicyclic) bond motifs is 3. The van der Waals surface area contributed by atoms with Gasteiger partial charge in [-0.1, -0.05) is 77.8 Å². The molecule has 0 saturated carbocycles. The van der Waals surface area contributed by atoms with Gasteiger partial charge in [0.05, 0.1) is 28.6 Å². The van der Waals surface area contributed by atoms with E-state index in [1.807, 2.05) is 0 Å². The van der Waals surface area contributed by atoms with Crippen LogP contribution < -0.4 is 4.90 Å². The lowest BCUT2D eigenvalue weighted by Gasteiger charge is -2.27. The highest BCUT2D eigenvalue weighted by Crippen LogP contribution is 2.58. The van der Waals surface area contributed by atoms with Crippen LogP contribution in [0.1, 0.15) is 32.4 Å². The quantitative estimate of drug-likeness (QED) is 0.383. The average molecular weight is 492 g/mol. The average Bonchev–Trinajstić information content (AvgIpc) is 3.40. The topological polar surface area (TPSA) is 80.8 Å². The van der Waals surface area contributed by atoms with Gasteiger partial charge in [0, 0.05) is 16.1 Å². The van der Waals surface area contributed by atoms with E-state index in [1.54, 1.807) is 42.5 Å². The molecule has 2 heterocycles. The van der Waals surface area contributed by atoms with Crippen molar-refractivity contribution >= 4 is 52.3 Å². The molecular weight excluding hydrogens is 477 g/mol. The van der Waals surface area contributed by atoms with Crippen LogP contribution in [0.5, 0.6) is 0 Å². The molecule has 6 rings (SSSR count). The van der Waals surface area contributed by atoms with Gasteiger partial charge in [-0.25, -0.2) is 4.90 Å². The number of anilines is 1. The zero-order valence-electron chi connectivity index (χ0n) is 17.4. The predicted octanol–water partition coefficient (Wildman–Crippen LogP) is 4.69. The molecule has 0 aromatic heterocycles. The second-order valence-electron chi connectivity index (χ2n) is 8.50. The van der Waals surface area contributed by atoms with Gasteiger partial charge in [-0.05, 0) is 23.8 Å². The summed E-state index contributed by atoms with van der Waals surface area (Å²) in [5.41, 5.74) is -1.01. The Morgan fingerprint density at radius 1 is 0.765 bits per heavy atom. The zero-order chi connectivity index (χ0) is 23.8. The van der Waals surface area contributed by atoms with Crippen molar-refractivity contribution in [2.45, 2.75) is 11.7 Å². The summed E-state index contributed by atoms with van der Waals surface area (Å²) < 4.78 is 6.22. The van der Waals surface area contributed by atoms with Gasteiger partial charge in [-0.2, -0.15) is 0 Å². The fourth-order valence-electron chi connectivity index (χ4n) is 5.36. The van der Waals surface area contributed by atoms with Gasteiger partial charge in [0.15, 0.2) is 0 Å². The molecule has 2 amide bonds. The van der Waals surface area contributed by atoms with Crippen molar-refractivity contribution in [2.75, 3.05) is 4.90 Å². The first kappa shape index (κ1) is 21.2. The van der Waals surface area contributed by atoms with Crippen LogP contribution in [0.4, 0.5) is 5.69 Å². The van der Waals surface area contributed by atoms with E-state index >= 15 is 0 Å². The number of ether oxygens (including phenoxy) is 1. The largest absolute Gasteiger partial charge is 0.349 e. The smallest absolute Gasteiger partial charge is 0.241 e. The van der Waals surface area contributed by atoms with Crippen molar-refractivity contribution in [1.82, 2.24) is 0 Å². The standard InChI is InChI=1S/C26H15Cl2NO5/c27-14-10-11-18(17(28)12-14)29-24(32)19-20(25(29)33)26(34-21(19)13-6-2-1-3-7-13)22(30)15-8-4-5-9-16(15)23(26)31/h1-12,19-21H/t19-,20-,21-/m0/s1. The Bertz CT molecular complexity index is 1380. The number of amides is 2. The Labute approximate surface area is 204 Å². The van der Waals surface area contributed by atoms with E-state index in [2.05, 4.69) is 0 Å². The van der Waals surface area contributed by atoms with E-state index in [0.717, 1.165) is 4.90 Å². The van der Waals surface area contributed by atoms with Crippen LogP contribution in [0, 0.1) is 11.8 Å². The Morgan fingerprint density at radius 3 is 2.00 bits per heavy atom. The molecule has 1 aliphatic carbocycles. The minimum Gasteiger partial charge on any atom is -0.349 e. The van der Waals surface area contributed by atoms with Gasteiger partial charge in [0.2, 0.25) is 29.0 Å². The van der Waals surface area contributed by atoms with E-state index < -0.39 is 46.9 Å². The first-order chi connectivity index (χ1) is 16.4. The van der Waals surface area contributed by atoms with Crippen LogP contribution in [-0.2, 0) is 14.3 Å². The Hall–Kier alpha value is -3.32. The maximum atomic E-state index is 13.8. The molecule has 0 bridgehead atoms. The minimum absolute atomic E-state index is 0.104. The van der Waals surface area contributed by atoms with E-state index in [0.29, 0.717) is 10.6 Å². The lowest BCUT2D eigenvalue weighted by atomic mass is 9.77. The van der Waals surface area contributed by atoms with Crippen molar-refractivity contribution in [3.8, 4) is 0 Å². The van der Waals surface area contributed by atoms with Gasteiger partial charge in [0.1, 0.15) is 0 Å². The highest BCUT2D eigenvalue weighted by Gasteiger charge is 2.74. The number of rotatable bonds is 2. The summed E-state index contributed by atoms with van der Waals surface area (Å²) in [5.74, 6) is -4.90. The predicted molar refractivity (Wildman–Crippen MR) is 124 cm³/mol. The van der Waals surface area contributed by atoms with Crippen molar-refractivity contribution in [3.05, 3.63) is 99.5 Å². The maximum Gasteiger partial charge on any atom is 0.241 e. The van der Waals surface area contributed by atoms with Crippen molar-refractivity contribution in [1.29, 1.82) is 0 Å². The maximum absolute atomic E-state index is 13.8. The van der Waals surface area contributed by atoms with Gasteiger partial charge < -0.3 is 4.74 Å². The fourth-order valence-corrected chi connectivity index (χ4v) is 5.85. The normalized spacial score (nSPS) is 24.8. The molecule has 2 aliphatic heterocycles. The lowest BCUT2D eigenvalue weighted by molar-refractivity contribution is -0.127. The summed E-state index contributed by atoms with van der Waals surface area (Å²) in [6.07, 6.45) is -0.971. The SMILES string of the molecule is O=C1[C@H]2[C@@H](C(=O)N1c1ccc(Cl)cc1Cl)C1(O[C@H]2c2ccccc2)C(=O)c2ccccc2C1=O. The van der Waals surface area contributed by atoms with Crippen molar-refractivity contribution < 1.29 is 23.9 Å². The Kier molecular flexibility index (Phi) is 4.58.